The largest absolute Gasteiger partial charge is 0.351 e. The number of rotatable bonds is 9. The summed E-state index contributed by atoms with van der Waals surface area (Å²) in [6, 6.07) is 10.2. The fraction of sp³-hybridized carbons (Fsp3) is 0.360. The molecule has 0 aliphatic heterocycles. The van der Waals surface area contributed by atoms with Gasteiger partial charge in [0.1, 0.15) is 6.04 Å². The van der Waals surface area contributed by atoms with E-state index in [1.54, 1.807) is 41.6 Å². The molecule has 3 heterocycles. The van der Waals surface area contributed by atoms with Gasteiger partial charge in [0.05, 0.1) is 18.0 Å². The average Bonchev–Trinajstić information content (AvgIpc) is 3.58. The molecule has 1 atom stereocenters. The Bertz CT molecular complexity index is 1070. The lowest BCUT2D eigenvalue weighted by atomic mass is 9.94. The van der Waals surface area contributed by atoms with Crippen LogP contribution in [0.2, 0.25) is 0 Å². The first-order valence-electron chi connectivity index (χ1n) is 11.5. The predicted molar refractivity (Wildman–Crippen MR) is 134 cm³/mol. The summed E-state index contributed by atoms with van der Waals surface area (Å²) in [4.78, 5) is 46.7. The van der Waals surface area contributed by atoms with E-state index in [0.717, 1.165) is 30.6 Å². The van der Waals surface area contributed by atoms with Gasteiger partial charge in [0.2, 0.25) is 11.8 Å². The molecule has 2 N–H and O–H groups in total. The Balaban J connectivity index is 1.58. The van der Waals surface area contributed by atoms with Crippen LogP contribution < -0.4 is 10.6 Å². The minimum Gasteiger partial charge on any atom is -0.351 e. The van der Waals surface area contributed by atoms with Gasteiger partial charge in [-0.1, -0.05) is 31.4 Å². The van der Waals surface area contributed by atoms with Crippen LogP contribution in [0.15, 0.2) is 59.6 Å². The maximum absolute atomic E-state index is 13.6. The van der Waals surface area contributed by atoms with Gasteiger partial charge < -0.3 is 15.5 Å². The molecular formula is C25H28N4O3S2. The van der Waals surface area contributed by atoms with Crippen molar-refractivity contribution >= 4 is 40.4 Å². The molecule has 3 amide bonds. The zero-order valence-corrected chi connectivity index (χ0v) is 20.4. The molecule has 3 aromatic heterocycles. The highest BCUT2D eigenvalue weighted by Gasteiger charge is 2.33. The van der Waals surface area contributed by atoms with E-state index in [1.807, 2.05) is 22.9 Å². The first-order valence-corrected chi connectivity index (χ1v) is 13.2. The quantitative estimate of drug-likeness (QED) is 0.466. The van der Waals surface area contributed by atoms with E-state index >= 15 is 0 Å². The summed E-state index contributed by atoms with van der Waals surface area (Å²) in [5, 5.41) is 9.65. The van der Waals surface area contributed by atoms with Crippen molar-refractivity contribution in [2.75, 3.05) is 6.54 Å². The second kappa shape index (κ2) is 11.9. The molecule has 0 bridgehead atoms. The van der Waals surface area contributed by atoms with Crippen molar-refractivity contribution in [2.45, 2.75) is 50.7 Å². The van der Waals surface area contributed by atoms with Crippen molar-refractivity contribution in [1.82, 2.24) is 20.5 Å². The maximum atomic E-state index is 13.6. The van der Waals surface area contributed by atoms with Crippen LogP contribution in [0.5, 0.6) is 0 Å². The van der Waals surface area contributed by atoms with E-state index in [2.05, 4.69) is 15.6 Å². The number of carbonyl (C=O) groups excluding carboxylic acids is 3. The smallest absolute Gasteiger partial charge is 0.261 e. The number of nitrogens with zero attached hydrogens (tertiary/aromatic N) is 2. The molecule has 7 nitrogen and oxygen atoms in total. The first-order chi connectivity index (χ1) is 16.6. The van der Waals surface area contributed by atoms with Gasteiger partial charge in [0.25, 0.3) is 5.91 Å². The molecule has 3 aromatic rings. The lowest BCUT2D eigenvalue weighted by Crippen LogP contribution is -2.49. The number of nitrogens with one attached hydrogen (secondary N) is 2. The van der Waals surface area contributed by atoms with Crippen LogP contribution in [0.1, 0.15) is 58.3 Å². The van der Waals surface area contributed by atoms with Gasteiger partial charge in [-0.25, -0.2) is 0 Å². The summed E-state index contributed by atoms with van der Waals surface area (Å²) in [5.41, 5.74) is 0.692. The van der Waals surface area contributed by atoms with Crippen LogP contribution in [0.25, 0.3) is 0 Å². The van der Waals surface area contributed by atoms with Crippen LogP contribution in [-0.4, -0.2) is 40.2 Å². The summed E-state index contributed by atoms with van der Waals surface area (Å²) in [7, 11) is 0. The fourth-order valence-electron chi connectivity index (χ4n) is 4.19. The third-order valence-electron chi connectivity index (χ3n) is 5.91. The summed E-state index contributed by atoms with van der Waals surface area (Å²) in [5.74, 6) is -0.821. The molecule has 1 aliphatic rings. The zero-order valence-electron chi connectivity index (χ0n) is 18.8. The molecule has 1 aliphatic carbocycles. The van der Waals surface area contributed by atoms with Crippen LogP contribution in [0, 0.1) is 0 Å². The van der Waals surface area contributed by atoms with Gasteiger partial charge in [-0.3, -0.25) is 19.4 Å². The molecule has 178 valence electrons. The SMILES string of the molecule is O=C(NCC(=O)N(Cc1cccs1)C(C(=O)NC1CCCCC1)c1ccncc1)c1cccs1. The molecule has 0 spiro atoms. The fourth-order valence-corrected chi connectivity index (χ4v) is 5.53. The first kappa shape index (κ1) is 24.1. The van der Waals surface area contributed by atoms with Gasteiger partial charge >= 0.3 is 0 Å². The number of pyridine rings is 1. The summed E-state index contributed by atoms with van der Waals surface area (Å²) in [6.07, 6.45) is 8.53. The number of hydrogen-bond donors (Lipinski definition) is 2. The molecule has 4 rings (SSSR count). The lowest BCUT2D eigenvalue weighted by Gasteiger charge is -2.33. The van der Waals surface area contributed by atoms with Crippen molar-refractivity contribution in [3.05, 3.63) is 74.9 Å². The van der Waals surface area contributed by atoms with Gasteiger partial charge in [0.15, 0.2) is 0 Å². The Morgan fingerprint density at radius 1 is 1.00 bits per heavy atom. The second-order valence-electron chi connectivity index (χ2n) is 8.29. The van der Waals surface area contributed by atoms with Crippen LogP contribution in [0.3, 0.4) is 0 Å². The van der Waals surface area contributed by atoms with Crippen molar-refractivity contribution in [3.63, 3.8) is 0 Å². The van der Waals surface area contributed by atoms with E-state index in [0.29, 0.717) is 10.4 Å². The molecule has 9 heteroatoms. The highest BCUT2D eigenvalue weighted by atomic mass is 32.1. The number of aromatic nitrogens is 1. The minimum absolute atomic E-state index is 0.114. The number of amides is 3. The van der Waals surface area contributed by atoms with Gasteiger partial charge in [0, 0.05) is 23.3 Å². The summed E-state index contributed by atoms with van der Waals surface area (Å²) >= 11 is 2.84. The topological polar surface area (TPSA) is 91.4 Å². The van der Waals surface area contributed by atoms with E-state index in [9.17, 15) is 14.4 Å². The van der Waals surface area contributed by atoms with Crippen LogP contribution in [-0.2, 0) is 16.1 Å². The Morgan fingerprint density at radius 2 is 1.74 bits per heavy atom. The van der Waals surface area contributed by atoms with E-state index in [-0.39, 0.29) is 36.9 Å². The molecule has 0 saturated heterocycles. The van der Waals surface area contributed by atoms with Crippen molar-refractivity contribution in [2.24, 2.45) is 0 Å². The van der Waals surface area contributed by atoms with Gasteiger partial charge in [-0.15, -0.1) is 22.7 Å². The summed E-state index contributed by atoms with van der Waals surface area (Å²) in [6.45, 7) is 0.0802. The van der Waals surface area contributed by atoms with Crippen molar-refractivity contribution < 1.29 is 14.4 Å². The van der Waals surface area contributed by atoms with Crippen LogP contribution in [0.4, 0.5) is 0 Å². The molecule has 1 saturated carbocycles. The third kappa shape index (κ3) is 6.30. The molecule has 34 heavy (non-hydrogen) atoms. The minimum atomic E-state index is -0.821. The lowest BCUT2D eigenvalue weighted by molar-refractivity contribution is -0.141. The molecule has 0 aromatic carbocycles. The van der Waals surface area contributed by atoms with E-state index in [1.165, 1.54) is 29.1 Å². The Kier molecular flexibility index (Phi) is 8.43. The second-order valence-corrected chi connectivity index (χ2v) is 10.3. The third-order valence-corrected chi connectivity index (χ3v) is 7.63. The van der Waals surface area contributed by atoms with Crippen molar-refractivity contribution in [3.8, 4) is 0 Å². The van der Waals surface area contributed by atoms with Crippen LogP contribution >= 0.6 is 22.7 Å². The number of thiophene rings is 2. The summed E-state index contributed by atoms with van der Waals surface area (Å²) < 4.78 is 0. The molecule has 1 unspecified atom stereocenters. The molecular weight excluding hydrogens is 468 g/mol. The monoisotopic (exact) mass is 496 g/mol. The van der Waals surface area contributed by atoms with Gasteiger partial charge in [-0.05, 0) is 53.4 Å². The van der Waals surface area contributed by atoms with Gasteiger partial charge in [-0.2, -0.15) is 0 Å². The maximum Gasteiger partial charge on any atom is 0.261 e. The normalized spacial score (nSPS) is 14.8. The Labute approximate surface area is 207 Å². The molecule has 0 radical (unpaired) electrons. The highest BCUT2D eigenvalue weighted by Crippen LogP contribution is 2.26. The van der Waals surface area contributed by atoms with Crippen molar-refractivity contribution in [1.29, 1.82) is 0 Å². The Morgan fingerprint density at radius 3 is 2.41 bits per heavy atom. The number of carbonyl (C=O) groups is 3. The number of hydrogen-bond acceptors (Lipinski definition) is 6. The van der Waals surface area contributed by atoms with E-state index in [4.69, 9.17) is 0 Å². The zero-order chi connectivity index (χ0) is 23.8. The standard InChI is InChI=1S/C25H28N4O3S2/c30-22(16-27-24(31)21-9-5-15-34-21)29(17-20-8-4-14-33-20)23(18-10-12-26-13-11-18)25(32)28-19-6-2-1-3-7-19/h4-5,8-15,19,23H,1-3,6-7,16-17H2,(H,27,31)(H,28,32). The average molecular weight is 497 g/mol. The molecule has 1 fully saturated rings. The van der Waals surface area contributed by atoms with E-state index < -0.39 is 6.04 Å². The Hall–Kier alpha value is -3.04. The highest BCUT2D eigenvalue weighted by molar-refractivity contribution is 7.12. The predicted octanol–water partition coefficient (Wildman–Crippen LogP) is 4.15.